The third kappa shape index (κ3) is 3.44. The molecular weight excluding hydrogens is 252 g/mol. The SMILES string of the molecule is CN(CC1CCCC1)C(CN)c1cc(Cl)cs1. The van der Waals surface area contributed by atoms with E-state index in [2.05, 4.69) is 18.0 Å². The van der Waals surface area contributed by atoms with Gasteiger partial charge in [-0.1, -0.05) is 24.4 Å². The molecule has 1 heterocycles. The average molecular weight is 273 g/mol. The van der Waals surface area contributed by atoms with Crippen LogP contribution in [0.5, 0.6) is 0 Å². The van der Waals surface area contributed by atoms with Gasteiger partial charge in [0.15, 0.2) is 0 Å². The number of hydrogen-bond acceptors (Lipinski definition) is 3. The van der Waals surface area contributed by atoms with E-state index >= 15 is 0 Å². The van der Waals surface area contributed by atoms with E-state index in [4.69, 9.17) is 17.3 Å². The molecule has 1 aromatic rings. The maximum absolute atomic E-state index is 5.99. The zero-order chi connectivity index (χ0) is 12.3. The number of rotatable bonds is 5. The summed E-state index contributed by atoms with van der Waals surface area (Å²) in [5.74, 6) is 0.865. The molecule has 1 aliphatic rings. The Balaban J connectivity index is 1.97. The molecule has 1 aliphatic carbocycles. The molecule has 17 heavy (non-hydrogen) atoms. The summed E-state index contributed by atoms with van der Waals surface area (Å²) in [6.45, 7) is 1.83. The Morgan fingerprint density at radius 2 is 2.24 bits per heavy atom. The highest BCUT2D eigenvalue weighted by Crippen LogP contribution is 2.31. The normalized spacial score (nSPS) is 19.1. The standard InChI is InChI=1S/C13H21ClN2S/c1-16(8-10-4-2-3-5-10)12(7-15)13-6-11(14)9-17-13/h6,9-10,12H,2-5,7-8,15H2,1H3. The lowest BCUT2D eigenvalue weighted by Gasteiger charge is -2.28. The van der Waals surface area contributed by atoms with Gasteiger partial charge in [-0.15, -0.1) is 11.3 Å². The number of nitrogens with zero attached hydrogens (tertiary/aromatic N) is 1. The first kappa shape index (κ1) is 13.3. The Morgan fingerprint density at radius 1 is 1.53 bits per heavy atom. The molecule has 0 radical (unpaired) electrons. The molecule has 0 amide bonds. The van der Waals surface area contributed by atoms with Gasteiger partial charge in [-0.05, 0) is 31.9 Å². The van der Waals surface area contributed by atoms with E-state index in [9.17, 15) is 0 Å². The summed E-state index contributed by atoms with van der Waals surface area (Å²) in [5.41, 5.74) is 5.91. The minimum absolute atomic E-state index is 0.327. The van der Waals surface area contributed by atoms with E-state index < -0.39 is 0 Å². The number of halogens is 1. The van der Waals surface area contributed by atoms with Crippen LogP contribution in [0.4, 0.5) is 0 Å². The Bertz CT molecular complexity index is 347. The summed E-state index contributed by atoms with van der Waals surface area (Å²) in [4.78, 5) is 3.69. The summed E-state index contributed by atoms with van der Waals surface area (Å²) in [7, 11) is 2.18. The van der Waals surface area contributed by atoms with Crippen molar-refractivity contribution in [3.63, 3.8) is 0 Å². The predicted molar refractivity (Wildman–Crippen MR) is 75.7 cm³/mol. The molecule has 0 aromatic carbocycles. The first-order valence-corrected chi connectivity index (χ1v) is 7.60. The van der Waals surface area contributed by atoms with Gasteiger partial charge in [-0.2, -0.15) is 0 Å². The highest BCUT2D eigenvalue weighted by molar-refractivity contribution is 7.10. The van der Waals surface area contributed by atoms with Crippen LogP contribution in [-0.4, -0.2) is 25.0 Å². The van der Waals surface area contributed by atoms with E-state index in [-0.39, 0.29) is 0 Å². The van der Waals surface area contributed by atoms with Crippen molar-refractivity contribution in [1.29, 1.82) is 0 Å². The number of thiophene rings is 1. The van der Waals surface area contributed by atoms with Crippen LogP contribution in [-0.2, 0) is 0 Å². The maximum Gasteiger partial charge on any atom is 0.0562 e. The summed E-state index contributed by atoms with van der Waals surface area (Å²) >= 11 is 7.70. The highest BCUT2D eigenvalue weighted by atomic mass is 35.5. The first-order valence-electron chi connectivity index (χ1n) is 6.35. The third-order valence-corrected chi connectivity index (χ3v) is 5.07. The van der Waals surface area contributed by atoms with Gasteiger partial charge in [0.05, 0.1) is 11.1 Å². The van der Waals surface area contributed by atoms with Gasteiger partial charge < -0.3 is 5.73 Å². The highest BCUT2D eigenvalue weighted by Gasteiger charge is 2.22. The van der Waals surface area contributed by atoms with Gasteiger partial charge in [0, 0.05) is 23.3 Å². The van der Waals surface area contributed by atoms with Crippen LogP contribution in [0.1, 0.15) is 36.6 Å². The molecule has 2 nitrogen and oxygen atoms in total. The lowest BCUT2D eigenvalue weighted by molar-refractivity contribution is 0.215. The van der Waals surface area contributed by atoms with Crippen molar-refractivity contribution in [2.45, 2.75) is 31.7 Å². The molecule has 0 spiro atoms. The molecule has 4 heteroatoms. The smallest absolute Gasteiger partial charge is 0.0562 e. The second-order valence-electron chi connectivity index (χ2n) is 5.01. The Hall–Kier alpha value is -0.0900. The van der Waals surface area contributed by atoms with Crippen molar-refractivity contribution in [3.8, 4) is 0 Å². The molecule has 1 aromatic heterocycles. The van der Waals surface area contributed by atoms with Crippen LogP contribution < -0.4 is 5.73 Å². The Labute approximate surface area is 113 Å². The fourth-order valence-corrected chi connectivity index (χ4v) is 4.00. The molecular formula is C13H21ClN2S. The number of hydrogen-bond donors (Lipinski definition) is 1. The van der Waals surface area contributed by atoms with Gasteiger partial charge in [0.2, 0.25) is 0 Å². The maximum atomic E-state index is 5.99. The van der Waals surface area contributed by atoms with Gasteiger partial charge in [-0.25, -0.2) is 0 Å². The van der Waals surface area contributed by atoms with Crippen molar-refractivity contribution < 1.29 is 0 Å². The van der Waals surface area contributed by atoms with Gasteiger partial charge in [0.25, 0.3) is 0 Å². The van der Waals surface area contributed by atoms with Crippen LogP contribution in [0.25, 0.3) is 0 Å². The molecule has 0 aliphatic heterocycles. The molecule has 0 saturated heterocycles. The first-order chi connectivity index (χ1) is 8.20. The quantitative estimate of drug-likeness (QED) is 0.889. The Morgan fingerprint density at radius 3 is 2.76 bits per heavy atom. The monoisotopic (exact) mass is 272 g/mol. The van der Waals surface area contributed by atoms with Crippen LogP contribution in [0.3, 0.4) is 0 Å². The largest absolute Gasteiger partial charge is 0.329 e. The molecule has 1 saturated carbocycles. The Kier molecular flexibility index (Phi) is 4.86. The van der Waals surface area contributed by atoms with Gasteiger partial charge >= 0.3 is 0 Å². The fraction of sp³-hybridized carbons (Fsp3) is 0.692. The zero-order valence-corrected chi connectivity index (χ0v) is 11.9. The fourth-order valence-electron chi connectivity index (χ4n) is 2.74. The molecule has 0 bridgehead atoms. The van der Waals surface area contributed by atoms with E-state index in [1.54, 1.807) is 11.3 Å². The van der Waals surface area contributed by atoms with Crippen molar-refractivity contribution in [2.24, 2.45) is 11.7 Å². The topological polar surface area (TPSA) is 29.3 Å². The van der Waals surface area contributed by atoms with Gasteiger partial charge in [0.1, 0.15) is 0 Å². The van der Waals surface area contributed by atoms with Crippen molar-refractivity contribution >= 4 is 22.9 Å². The van der Waals surface area contributed by atoms with E-state index in [1.807, 2.05) is 5.38 Å². The molecule has 96 valence electrons. The number of likely N-dealkylation sites (N-methyl/N-ethyl adjacent to an activating group) is 1. The molecule has 1 atom stereocenters. The van der Waals surface area contributed by atoms with E-state index in [1.165, 1.54) is 30.6 Å². The number of nitrogens with two attached hydrogens (primary N) is 1. The minimum Gasteiger partial charge on any atom is -0.329 e. The summed E-state index contributed by atoms with van der Waals surface area (Å²) in [6, 6.07) is 2.38. The van der Waals surface area contributed by atoms with Crippen LogP contribution >= 0.6 is 22.9 Å². The van der Waals surface area contributed by atoms with Crippen LogP contribution in [0.15, 0.2) is 11.4 Å². The molecule has 1 unspecified atom stereocenters. The van der Waals surface area contributed by atoms with Crippen LogP contribution in [0.2, 0.25) is 5.02 Å². The van der Waals surface area contributed by atoms with E-state index in [0.717, 1.165) is 17.5 Å². The van der Waals surface area contributed by atoms with Crippen molar-refractivity contribution in [2.75, 3.05) is 20.1 Å². The average Bonchev–Trinajstić information content (AvgIpc) is 2.91. The van der Waals surface area contributed by atoms with Gasteiger partial charge in [-0.3, -0.25) is 4.90 Å². The van der Waals surface area contributed by atoms with E-state index in [0.29, 0.717) is 12.6 Å². The second-order valence-corrected chi connectivity index (χ2v) is 6.39. The molecule has 2 N–H and O–H groups in total. The lowest BCUT2D eigenvalue weighted by atomic mass is 10.1. The summed E-state index contributed by atoms with van der Waals surface area (Å²) in [6.07, 6.45) is 5.56. The molecule has 2 rings (SSSR count). The minimum atomic E-state index is 0.327. The zero-order valence-electron chi connectivity index (χ0n) is 10.4. The molecule has 1 fully saturated rings. The van der Waals surface area contributed by atoms with Crippen LogP contribution in [0, 0.1) is 5.92 Å². The van der Waals surface area contributed by atoms with Crippen molar-refractivity contribution in [3.05, 3.63) is 21.3 Å². The lowest BCUT2D eigenvalue weighted by Crippen LogP contribution is -2.33. The predicted octanol–water partition coefficient (Wildman–Crippen LogP) is 3.52. The second kappa shape index (κ2) is 6.19. The summed E-state index contributed by atoms with van der Waals surface area (Å²) in [5, 5.41) is 2.82. The third-order valence-electron chi connectivity index (χ3n) is 3.69. The van der Waals surface area contributed by atoms with Crippen molar-refractivity contribution in [1.82, 2.24) is 4.90 Å². The summed E-state index contributed by atoms with van der Waals surface area (Å²) < 4.78 is 0.